The number of benzene rings is 1. The predicted molar refractivity (Wildman–Crippen MR) is 80.7 cm³/mol. The molecule has 0 aliphatic heterocycles. The van der Waals surface area contributed by atoms with Gasteiger partial charge in [-0.1, -0.05) is 6.07 Å². The van der Waals surface area contributed by atoms with Crippen molar-refractivity contribution in [1.82, 2.24) is 14.5 Å². The lowest BCUT2D eigenvalue weighted by Crippen LogP contribution is -1.97. The molecule has 0 radical (unpaired) electrons. The molecule has 4 rings (SSSR count). The largest absolute Gasteiger partial charge is 0.396 e. The zero-order valence-corrected chi connectivity index (χ0v) is 11.0. The topological polar surface area (TPSA) is 56.7 Å². The van der Waals surface area contributed by atoms with Crippen molar-refractivity contribution in [2.45, 2.75) is 0 Å². The van der Waals surface area contributed by atoms with Crippen molar-refractivity contribution in [3.63, 3.8) is 0 Å². The molecule has 0 unspecified atom stereocenters. The number of hydrogen-bond donors (Lipinski definition) is 1. The number of rotatable bonds is 1. The van der Waals surface area contributed by atoms with Gasteiger partial charge in [0.15, 0.2) is 5.82 Å². The van der Waals surface area contributed by atoms with Crippen LogP contribution in [0.1, 0.15) is 0 Å². The van der Waals surface area contributed by atoms with Crippen LogP contribution in [0.4, 0.5) is 10.1 Å². The molecule has 0 bridgehead atoms. The highest BCUT2D eigenvalue weighted by Crippen LogP contribution is 2.25. The van der Waals surface area contributed by atoms with Gasteiger partial charge in [-0.25, -0.2) is 9.37 Å². The van der Waals surface area contributed by atoms with E-state index in [4.69, 9.17) is 5.73 Å². The van der Waals surface area contributed by atoms with Gasteiger partial charge in [-0.3, -0.25) is 9.55 Å². The van der Waals surface area contributed by atoms with Gasteiger partial charge >= 0.3 is 0 Å². The third-order valence-corrected chi connectivity index (χ3v) is 3.60. The van der Waals surface area contributed by atoms with Crippen LogP contribution in [0.2, 0.25) is 0 Å². The normalized spacial score (nSPS) is 11.3. The fourth-order valence-corrected chi connectivity index (χ4v) is 2.49. The highest BCUT2D eigenvalue weighted by Gasteiger charge is 2.09. The molecule has 0 saturated carbocycles. The van der Waals surface area contributed by atoms with Gasteiger partial charge < -0.3 is 5.73 Å². The van der Waals surface area contributed by atoms with Crippen molar-refractivity contribution >= 4 is 27.4 Å². The Bertz CT molecular complexity index is 975. The molecule has 0 aliphatic carbocycles. The zero-order valence-electron chi connectivity index (χ0n) is 11.0. The van der Waals surface area contributed by atoms with E-state index in [2.05, 4.69) is 9.97 Å². The van der Waals surface area contributed by atoms with Gasteiger partial charge in [-0.2, -0.15) is 0 Å². The second-order valence-electron chi connectivity index (χ2n) is 4.85. The molecule has 3 aromatic heterocycles. The summed E-state index contributed by atoms with van der Waals surface area (Å²) in [5.74, 6) is 0.292. The maximum absolute atomic E-state index is 13.9. The van der Waals surface area contributed by atoms with Crippen LogP contribution in [-0.4, -0.2) is 14.5 Å². The van der Waals surface area contributed by atoms with E-state index in [9.17, 15) is 4.39 Å². The van der Waals surface area contributed by atoms with Crippen molar-refractivity contribution in [2.75, 3.05) is 5.73 Å². The minimum Gasteiger partial charge on any atom is -0.396 e. The van der Waals surface area contributed by atoms with E-state index in [1.165, 1.54) is 6.20 Å². The maximum Gasteiger partial charge on any atom is 0.155 e. The van der Waals surface area contributed by atoms with E-state index < -0.39 is 5.82 Å². The summed E-state index contributed by atoms with van der Waals surface area (Å²) >= 11 is 0. The minimum atomic E-state index is -0.425. The first-order valence-electron chi connectivity index (χ1n) is 6.49. The Kier molecular flexibility index (Phi) is 2.41. The molecule has 0 aliphatic rings. The summed E-state index contributed by atoms with van der Waals surface area (Å²) in [4.78, 5) is 8.48. The van der Waals surface area contributed by atoms with Gasteiger partial charge in [0.25, 0.3) is 0 Å². The Labute approximate surface area is 119 Å². The predicted octanol–water partition coefficient (Wildman–Crippen LogP) is 3.30. The number of anilines is 1. The Morgan fingerprint density at radius 3 is 2.86 bits per heavy atom. The second kappa shape index (κ2) is 4.28. The van der Waals surface area contributed by atoms with Crippen LogP contribution in [0, 0.1) is 5.82 Å². The molecule has 4 nitrogen and oxygen atoms in total. The second-order valence-corrected chi connectivity index (χ2v) is 4.85. The smallest absolute Gasteiger partial charge is 0.155 e. The molecule has 1 aromatic carbocycles. The lowest BCUT2D eigenvalue weighted by Gasteiger charge is -2.07. The van der Waals surface area contributed by atoms with Crippen LogP contribution >= 0.6 is 0 Å². The van der Waals surface area contributed by atoms with Crippen molar-refractivity contribution < 1.29 is 4.39 Å². The van der Waals surface area contributed by atoms with E-state index >= 15 is 0 Å². The summed E-state index contributed by atoms with van der Waals surface area (Å²) in [7, 11) is 0. The van der Waals surface area contributed by atoms with Crippen LogP contribution in [0.5, 0.6) is 0 Å². The van der Waals surface area contributed by atoms with Crippen LogP contribution in [0.15, 0.2) is 55.1 Å². The molecule has 3 heterocycles. The number of nitrogens with zero attached hydrogens (tertiary/aromatic N) is 3. The number of aromatic nitrogens is 3. The number of fused-ring (bicyclic) bond motifs is 2. The molecule has 0 fully saturated rings. The highest BCUT2D eigenvalue weighted by atomic mass is 19.1. The number of nitrogen functional groups attached to an aromatic ring is 1. The van der Waals surface area contributed by atoms with Crippen LogP contribution < -0.4 is 5.73 Å². The summed E-state index contributed by atoms with van der Waals surface area (Å²) in [5, 5.41) is 2.26. The van der Waals surface area contributed by atoms with Gasteiger partial charge in [0.05, 0.1) is 17.4 Å². The molecule has 102 valence electrons. The fraction of sp³-hybridized carbons (Fsp3) is 0. The molecule has 5 heteroatoms. The summed E-state index contributed by atoms with van der Waals surface area (Å²) < 4.78 is 15.9. The van der Waals surface area contributed by atoms with E-state index in [0.717, 1.165) is 22.1 Å². The maximum atomic E-state index is 13.9. The number of hydrogen-bond acceptors (Lipinski definition) is 3. The SMILES string of the molecule is Nc1ccc2cc(-n3ccc4ccncc43)ncc2c1F. The minimum absolute atomic E-state index is 0.132. The van der Waals surface area contributed by atoms with Crippen LogP contribution in [0.3, 0.4) is 0 Å². The van der Waals surface area contributed by atoms with Crippen molar-refractivity contribution in [2.24, 2.45) is 0 Å². The average Bonchev–Trinajstić information content (AvgIpc) is 2.95. The van der Waals surface area contributed by atoms with Gasteiger partial charge in [-0.05, 0) is 29.7 Å². The van der Waals surface area contributed by atoms with E-state index in [0.29, 0.717) is 5.39 Å². The first kappa shape index (κ1) is 11.8. The summed E-state index contributed by atoms with van der Waals surface area (Å²) in [6, 6.07) is 9.13. The molecule has 0 atom stereocenters. The average molecular weight is 278 g/mol. The standard InChI is InChI=1S/C16H11FN4/c17-16-12-8-20-15(7-11(12)1-2-13(16)18)21-6-4-10-3-5-19-9-14(10)21/h1-9H,18H2. The summed E-state index contributed by atoms with van der Waals surface area (Å²) in [6.45, 7) is 0. The van der Waals surface area contributed by atoms with Gasteiger partial charge in [0.2, 0.25) is 0 Å². The zero-order chi connectivity index (χ0) is 14.4. The number of halogens is 1. The number of nitrogens with two attached hydrogens (primary N) is 1. The van der Waals surface area contributed by atoms with E-state index in [1.54, 1.807) is 24.5 Å². The summed E-state index contributed by atoms with van der Waals surface area (Å²) in [6.07, 6.45) is 6.97. The molecule has 0 saturated heterocycles. The molecule has 2 N–H and O–H groups in total. The van der Waals surface area contributed by atoms with Gasteiger partial charge in [0.1, 0.15) is 5.82 Å². The fourth-order valence-electron chi connectivity index (χ4n) is 2.49. The first-order valence-corrected chi connectivity index (χ1v) is 6.49. The monoisotopic (exact) mass is 278 g/mol. The van der Waals surface area contributed by atoms with Crippen molar-refractivity contribution in [3.05, 3.63) is 60.9 Å². The molecular formula is C16H11FN4. The molecule has 21 heavy (non-hydrogen) atoms. The Morgan fingerprint density at radius 1 is 1.05 bits per heavy atom. The number of pyridine rings is 2. The molecular weight excluding hydrogens is 267 g/mol. The Balaban J connectivity index is 1.97. The van der Waals surface area contributed by atoms with E-state index in [-0.39, 0.29) is 5.69 Å². The van der Waals surface area contributed by atoms with Crippen LogP contribution in [-0.2, 0) is 0 Å². The van der Waals surface area contributed by atoms with E-state index in [1.807, 2.05) is 29.0 Å². The Hall–Kier alpha value is -2.95. The van der Waals surface area contributed by atoms with Gasteiger partial charge in [-0.15, -0.1) is 0 Å². The Morgan fingerprint density at radius 2 is 1.95 bits per heavy atom. The van der Waals surface area contributed by atoms with Gasteiger partial charge in [0, 0.05) is 29.4 Å². The molecule has 4 aromatic rings. The van der Waals surface area contributed by atoms with Crippen molar-refractivity contribution in [3.8, 4) is 5.82 Å². The third kappa shape index (κ3) is 1.74. The third-order valence-electron chi connectivity index (χ3n) is 3.60. The summed E-state index contributed by atoms with van der Waals surface area (Å²) in [5.41, 5.74) is 6.67. The quantitative estimate of drug-likeness (QED) is 0.543. The highest BCUT2D eigenvalue weighted by molar-refractivity contribution is 5.87. The van der Waals surface area contributed by atoms with Crippen LogP contribution in [0.25, 0.3) is 27.5 Å². The lowest BCUT2D eigenvalue weighted by molar-refractivity contribution is 0.644. The molecule has 0 amide bonds. The van der Waals surface area contributed by atoms with Crippen molar-refractivity contribution in [1.29, 1.82) is 0 Å². The molecule has 0 spiro atoms. The first-order chi connectivity index (χ1) is 10.2. The lowest BCUT2D eigenvalue weighted by atomic mass is 10.1.